The molecule has 23 heavy (non-hydrogen) atoms. The lowest BCUT2D eigenvalue weighted by Gasteiger charge is -2.33. The minimum Gasteiger partial charge on any atom is -0.349 e. The molecule has 7 heteroatoms. The number of aromatic nitrogens is 2. The molecule has 1 unspecified atom stereocenters. The van der Waals surface area contributed by atoms with Gasteiger partial charge in [0.1, 0.15) is 16.2 Å². The van der Waals surface area contributed by atoms with Crippen molar-refractivity contribution < 1.29 is 4.79 Å². The Morgan fingerprint density at radius 1 is 1.43 bits per heavy atom. The monoisotopic (exact) mass is 352 g/mol. The second kappa shape index (κ2) is 7.15. The van der Waals surface area contributed by atoms with Gasteiger partial charge >= 0.3 is 0 Å². The summed E-state index contributed by atoms with van der Waals surface area (Å²) in [4.78, 5) is 23.2. The van der Waals surface area contributed by atoms with E-state index in [1.54, 1.807) is 17.7 Å². The van der Waals surface area contributed by atoms with E-state index in [1.807, 2.05) is 6.92 Å². The van der Waals surface area contributed by atoms with E-state index in [0.29, 0.717) is 12.3 Å². The molecule has 2 heterocycles. The Kier molecular flexibility index (Phi) is 5.65. The minimum atomic E-state index is -0.381. The van der Waals surface area contributed by atoms with E-state index in [4.69, 9.17) is 5.73 Å². The number of nitrogens with one attached hydrogen (secondary N) is 1. The molecular weight excluding hydrogens is 328 g/mol. The predicted molar refractivity (Wildman–Crippen MR) is 98.1 cm³/mol. The third kappa shape index (κ3) is 3.84. The molecule has 126 valence electrons. The highest BCUT2D eigenvalue weighted by Crippen LogP contribution is 2.34. The number of aryl methyl sites for hydroxylation is 2. The number of carbonyl (C=O) groups is 1. The van der Waals surface area contributed by atoms with Crippen molar-refractivity contribution in [3.63, 3.8) is 0 Å². The molecule has 1 amide bonds. The molecule has 2 aromatic heterocycles. The molecule has 0 radical (unpaired) electrons. The summed E-state index contributed by atoms with van der Waals surface area (Å²) >= 11 is 3.11. The fraction of sp³-hybridized carbons (Fsp3) is 0.562. The van der Waals surface area contributed by atoms with Gasteiger partial charge in [-0.1, -0.05) is 25.6 Å². The summed E-state index contributed by atoms with van der Waals surface area (Å²) in [5.41, 5.74) is 6.64. The second-order valence-electron chi connectivity index (χ2n) is 6.26. The standard InChI is InChI=1S/C16H24N4OS2/c1-9(2)16(5,7-17)20-12(21)6-22-14-13-10(3)11(4)23-15(13)19-8-18-14/h8-9H,6-7,17H2,1-5H3,(H,20,21). The van der Waals surface area contributed by atoms with Crippen LogP contribution in [-0.2, 0) is 4.79 Å². The van der Waals surface area contributed by atoms with Crippen LogP contribution in [0, 0.1) is 19.8 Å². The Hall–Kier alpha value is -1.18. The molecule has 0 aromatic carbocycles. The van der Waals surface area contributed by atoms with Gasteiger partial charge in [0.15, 0.2) is 0 Å². The number of nitrogens with zero attached hydrogens (tertiary/aromatic N) is 2. The van der Waals surface area contributed by atoms with Gasteiger partial charge in [0, 0.05) is 16.8 Å². The Morgan fingerprint density at radius 2 is 2.13 bits per heavy atom. The minimum absolute atomic E-state index is 0.0204. The molecule has 0 saturated carbocycles. The van der Waals surface area contributed by atoms with Crippen molar-refractivity contribution in [3.05, 3.63) is 16.8 Å². The maximum atomic E-state index is 12.3. The summed E-state index contributed by atoms with van der Waals surface area (Å²) in [6.07, 6.45) is 1.57. The summed E-state index contributed by atoms with van der Waals surface area (Å²) in [6, 6.07) is 0. The van der Waals surface area contributed by atoms with E-state index in [-0.39, 0.29) is 17.4 Å². The van der Waals surface area contributed by atoms with Crippen LogP contribution < -0.4 is 11.1 Å². The number of hydrogen-bond acceptors (Lipinski definition) is 6. The van der Waals surface area contributed by atoms with Gasteiger partial charge in [-0.05, 0) is 32.3 Å². The van der Waals surface area contributed by atoms with Gasteiger partial charge in [-0.25, -0.2) is 9.97 Å². The zero-order valence-electron chi connectivity index (χ0n) is 14.3. The normalized spacial score (nSPS) is 14.2. The maximum Gasteiger partial charge on any atom is 0.230 e. The largest absolute Gasteiger partial charge is 0.349 e. The molecule has 5 nitrogen and oxygen atoms in total. The molecule has 0 aliphatic rings. The molecule has 0 saturated heterocycles. The van der Waals surface area contributed by atoms with Gasteiger partial charge < -0.3 is 11.1 Å². The maximum absolute atomic E-state index is 12.3. The van der Waals surface area contributed by atoms with E-state index in [1.165, 1.54) is 22.2 Å². The van der Waals surface area contributed by atoms with Gasteiger partial charge in [0.05, 0.1) is 11.3 Å². The van der Waals surface area contributed by atoms with Gasteiger partial charge in [-0.15, -0.1) is 11.3 Å². The number of nitrogens with two attached hydrogens (primary N) is 1. The first-order valence-electron chi connectivity index (χ1n) is 7.63. The first kappa shape index (κ1) is 18.2. The number of hydrogen-bond donors (Lipinski definition) is 2. The summed E-state index contributed by atoms with van der Waals surface area (Å²) in [5, 5.41) is 4.99. The number of amides is 1. The highest BCUT2D eigenvalue weighted by atomic mass is 32.2. The molecule has 1 atom stereocenters. The average molecular weight is 353 g/mol. The van der Waals surface area contributed by atoms with Crippen molar-refractivity contribution in [2.45, 2.75) is 45.2 Å². The molecule has 3 N–H and O–H groups in total. The molecular formula is C16H24N4OS2. The summed E-state index contributed by atoms with van der Waals surface area (Å²) in [6.45, 7) is 10.7. The van der Waals surface area contributed by atoms with E-state index in [0.717, 1.165) is 15.2 Å². The summed E-state index contributed by atoms with van der Waals surface area (Å²) in [7, 11) is 0. The van der Waals surface area contributed by atoms with Gasteiger partial charge in [-0.2, -0.15) is 0 Å². The van der Waals surface area contributed by atoms with Gasteiger partial charge in [-0.3, -0.25) is 4.79 Å². The first-order valence-corrected chi connectivity index (χ1v) is 9.43. The van der Waals surface area contributed by atoms with Crippen LogP contribution in [0.1, 0.15) is 31.2 Å². The third-order valence-corrected chi connectivity index (χ3v) is 6.50. The van der Waals surface area contributed by atoms with Crippen molar-refractivity contribution in [2.24, 2.45) is 11.7 Å². The SMILES string of the molecule is Cc1sc2ncnc(SCC(=O)NC(C)(CN)C(C)C)c2c1C. The first-order chi connectivity index (χ1) is 10.8. The summed E-state index contributed by atoms with van der Waals surface area (Å²) < 4.78 is 0. The van der Waals surface area contributed by atoms with Crippen LogP contribution in [-0.4, -0.2) is 33.7 Å². The van der Waals surface area contributed by atoms with Crippen molar-refractivity contribution in [1.82, 2.24) is 15.3 Å². The van der Waals surface area contributed by atoms with E-state index in [9.17, 15) is 4.79 Å². The Labute approximate surface area is 145 Å². The molecule has 0 spiro atoms. The lowest BCUT2D eigenvalue weighted by Crippen LogP contribution is -2.55. The molecule has 2 aromatic rings. The number of rotatable bonds is 6. The smallest absolute Gasteiger partial charge is 0.230 e. The van der Waals surface area contributed by atoms with Crippen LogP contribution in [0.3, 0.4) is 0 Å². The zero-order valence-corrected chi connectivity index (χ0v) is 15.9. The molecule has 0 bridgehead atoms. The number of carbonyl (C=O) groups excluding carboxylic acids is 1. The van der Waals surface area contributed by atoms with Crippen molar-refractivity contribution in [2.75, 3.05) is 12.3 Å². The molecule has 2 rings (SSSR count). The van der Waals surface area contributed by atoms with Crippen LogP contribution >= 0.6 is 23.1 Å². The highest BCUT2D eigenvalue weighted by Gasteiger charge is 2.28. The van der Waals surface area contributed by atoms with Crippen molar-refractivity contribution in [1.29, 1.82) is 0 Å². The van der Waals surface area contributed by atoms with Crippen molar-refractivity contribution >= 4 is 39.2 Å². The third-order valence-electron chi connectivity index (χ3n) is 4.39. The molecule has 0 fully saturated rings. The lowest BCUT2D eigenvalue weighted by molar-refractivity contribution is -0.120. The van der Waals surface area contributed by atoms with Gasteiger partial charge in [0.2, 0.25) is 5.91 Å². The van der Waals surface area contributed by atoms with Crippen molar-refractivity contribution in [3.8, 4) is 0 Å². The van der Waals surface area contributed by atoms with Crippen LogP contribution in [0.25, 0.3) is 10.2 Å². The number of thioether (sulfide) groups is 1. The topological polar surface area (TPSA) is 80.9 Å². The van der Waals surface area contributed by atoms with E-state index >= 15 is 0 Å². The Balaban J connectivity index is 2.11. The fourth-order valence-corrected chi connectivity index (χ4v) is 4.10. The Morgan fingerprint density at radius 3 is 2.74 bits per heavy atom. The van der Waals surface area contributed by atoms with Crippen LogP contribution in [0.5, 0.6) is 0 Å². The van der Waals surface area contributed by atoms with Gasteiger partial charge in [0.25, 0.3) is 0 Å². The quantitative estimate of drug-likeness (QED) is 0.617. The fourth-order valence-electron chi connectivity index (χ4n) is 2.18. The van der Waals surface area contributed by atoms with Crippen LogP contribution in [0.4, 0.5) is 0 Å². The molecule has 0 aliphatic carbocycles. The Bertz CT molecular complexity index is 713. The predicted octanol–water partition coefficient (Wildman–Crippen LogP) is 2.89. The number of thiophene rings is 1. The lowest BCUT2D eigenvalue weighted by atomic mass is 9.88. The van der Waals surface area contributed by atoms with E-state index < -0.39 is 0 Å². The average Bonchev–Trinajstić information content (AvgIpc) is 2.80. The highest BCUT2D eigenvalue weighted by molar-refractivity contribution is 8.00. The zero-order chi connectivity index (χ0) is 17.2. The number of fused-ring (bicyclic) bond motifs is 1. The van der Waals surface area contributed by atoms with E-state index in [2.05, 4.69) is 43.0 Å². The summed E-state index contributed by atoms with van der Waals surface area (Å²) in [5.74, 6) is 0.574. The molecule has 0 aliphatic heterocycles. The second-order valence-corrected chi connectivity index (χ2v) is 8.42. The van der Waals surface area contributed by atoms with Crippen LogP contribution in [0.15, 0.2) is 11.4 Å². The van der Waals surface area contributed by atoms with Crippen LogP contribution in [0.2, 0.25) is 0 Å².